The van der Waals surface area contributed by atoms with E-state index in [1.807, 2.05) is 18.2 Å². The first-order valence-corrected chi connectivity index (χ1v) is 6.89. The molecule has 0 radical (unpaired) electrons. The standard InChI is InChI=1S/C16H18N2O2/c19-14-8-15(17-10-14)16(20)18-9-11-5-6-12-3-1-2-4-13(12)7-11/h1-7,14-15,17,19H,8-10H2,(H,18,20)/t14-,15+/m1/s1. The van der Waals surface area contributed by atoms with Crippen LogP contribution in [0.1, 0.15) is 12.0 Å². The summed E-state index contributed by atoms with van der Waals surface area (Å²) in [5.74, 6) is -0.0466. The molecule has 3 rings (SSSR count). The molecular formula is C16H18N2O2. The number of carbonyl (C=O) groups excluding carboxylic acids is 1. The topological polar surface area (TPSA) is 61.4 Å². The first-order chi connectivity index (χ1) is 9.72. The predicted molar refractivity (Wildman–Crippen MR) is 78.2 cm³/mol. The Bertz CT molecular complexity index is 627. The lowest BCUT2D eigenvalue weighted by atomic mass is 10.1. The molecule has 1 aliphatic rings. The molecule has 1 amide bonds. The average Bonchev–Trinajstić information content (AvgIpc) is 2.91. The average molecular weight is 270 g/mol. The molecule has 4 nitrogen and oxygen atoms in total. The van der Waals surface area contributed by atoms with Gasteiger partial charge in [-0.05, 0) is 28.8 Å². The van der Waals surface area contributed by atoms with Crippen LogP contribution in [0.3, 0.4) is 0 Å². The van der Waals surface area contributed by atoms with Crippen LogP contribution in [0.15, 0.2) is 42.5 Å². The van der Waals surface area contributed by atoms with Crippen molar-refractivity contribution >= 4 is 16.7 Å². The molecule has 0 unspecified atom stereocenters. The Balaban J connectivity index is 1.63. The summed E-state index contributed by atoms with van der Waals surface area (Å²) in [7, 11) is 0. The van der Waals surface area contributed by atoms with Crippen molar-refractivity contribution in [1.82, 2.24) is 10.6 Å². The number of fused-ring (bicyclic) bond motifs is 1. The molecule has 0 aromatic heterocycles. The second-order valence-electron chi connectivity index (χ2n) is 5.25. The minimum Gasteiger partial charge on any atom is -0.392 e. The van der Waals surface area contributed by atoms with Gasteiger partial charge in [0.25, 0.3) is 0 Å². The lowest BCUT2D eigenvalue weighted by Crippen LogP contribution is -2.39. The van der Waals surface area contributed by atoms with E-state index in [9.17, 15) is 9.90 Å². The Kier molecular flexibility index (Phi) is 3.67. The maximum Gasteiger partial charge on any atom is 0.237 e. The van der Waals surface area contributed by atoms with Crippen molar-refractivity contribution in [3.05, 3.63) is 48.0 Å². The molecule has 2 aromatic rings. The van der Waals surface area contributed by atoms with Gasteiger partial charge in [-0.25, -0.2) is 0 Å². The Morgan fingerprint density at radius 2 is 2.05 bits per heavy atom. The molecule has 1 heterocycles. The molecule has 3 N–H and O–H groups in total. The zero-order valence-electron chi connectivity index (χ0n) is 11.2. The van der Waals surface area contributed by atoms with Gasteiger partial charge in [0, 0.05) is 13.1 Å². The number of amides is 1. The molecule has 2 atom stereocenters. The van der Waals surface area contributed by atoms with E-state index in [0.717, 1.165) is 5.56 Å². The van der Waals surface area contributed by atoms with Gasteiger partial charge in [-0.15, -0.1) is 0 Å². The summed E-state index contributed by atoms with van der Waals surface area (Å²) < 4.78 is 0. The fraction of sp³-hybridized carbons (Fsp3) is 0.312. The number of hydrogen-bond donors (Lipinski definition) is 3. The molecule has 2 aromatic carbocycles. The molecule has 1 saturated heterocycles. The van der Waals surface area contributed by atoms with E-state index < -0.39 is 6.10 Å². The highest BCUT2D eigenvalue weighted by molar-refractivity contribution is 5.84. The van der Waals surface area contributed by atoms with Crippen LogP contribution in [0.5, 0.6) is 0 Å². The molecular weight excluding hydrogens is 252 g/mol. The summed E-state index contributed by atoms with van der Waals surface area (Å²) in [6.45, 7) is 1.01. The van der Waals surface area contributed by atoms with Gasteiger partial charge in [0.05, 0.1) is 12.1 Å². The summed E-state index contributed by atoms with van der Waals surface area (Å²) in [5.41, 5.74) is 1.08. The molecule has 0 spiro atoms. The molecule has 104 valence electrons. The highest BCUT2D eigenvalue weighted by Crippen LogP contribution is 2.15. The third-order valence-corrected chi connectivity index (χ3v) is 3.70. The Morgan fingerprint density at radius 1 is 1.25 bits per heavy atom. The Labute approximate surface area is 117 Å². The number of carbonyl (C=O) groups is 1. The van der Waals surface area contributed by atoms with Crippen LogP contribution in [-0.2, 0) is 11.3 Å². The fourth-order valence-corrected chi connectivity index (χ4v) is 2.58. The smallest absolute Gasteiger partial charge is 0.237 e. The van der Waals surface area contributed by atoms with Crippen molar-refractivity contribution in [2.75, 3.05) is 6.54 Å². The van der Waals surface area contributed by atoms with Crippen molar-refractivity contribution in [3.63, 3.8) is 0 Å². The zero-order chi connectivity index (χ0) is 13.9. The highest BCUT2D eigenvalue weighted by Gasteiger charge is 2.27. The highest BCUT2D eigenvalue weighted by atomic mass is 16.3. The van der Waals surface area contributed by atoms with Gasteiger partial charge in [0.1, 0.15) is 0 Å². The minimum absolute atomic E-state index is 0.0466. The van der Waals surface area contributed by atoms with Crippen molar-refractivity contribution in [2.24, 2.45) is 0 Å². The fourth-order valence-electron chi connectivity index (χ4n) is 2.58. The number of aliphatic hydroxyl groups is 1. The number of rotatable bonds is 3. The summed E-state index contributed by atoms with van der Waals surface area (Å²) in [5, 5.41) is 17.7. The van der Waals surface area contributed by atoms with Crippen molar-refractivity contribution in [1.29, 1.82) is 0 Å². The lowest BCUT2D eigenvalue weighted by Gasteiger charge is -2.11. The summed E-state index contributed by atoms with van der Waals surface area (Å²) in [6, 6.07) is 14.1. The maximum atomic E-state index is 11.9. The Morgan fingerprint density at radius 3 is 2.80 bits per heavy atom. The first kappa shape index (κ1) is 13.1. The van der Waals surface area contributed by atoms with Gasteiger partial charge in [0.2, 0.25) is 5.91 Å². The zero-order valence-corrected chi connectivity index (χ0v) is 11.2. The number of nitrogens with one attached hydrogen (secondary N) is 2. The van der Waals surface area contributed by atoms with E-state index in [-0.39, 0.29) is 11.9 Å². The number of benzene rings is 2. The number of β-amino-alcohol motifs (C(OH)–C–C–N with tert-alkyl or cyclic N) is 1. The van der Waals surface area contributed by atoms with Gasteiger partial charge in [-0.1, -0.05) is 36.4 Å². The van der Waals surface area contributed by atoms with Gasteiger partial charge in [-0.2, -0.15) is 0 Å². The normalized spacial score (nSPS) is 22.1. The third kappa shape index (κ3) is 2.81. The molecule has 0 bridgehead atoms. The van der Waals surface area contributed by atoms with E-state index in [1.54, 1.807) is 0 Å². The SMILES string of the molecule is O=C(NCc1ccc2ccccc2c1)[C@@H]1C[C@@H](O)CN1. The second kappa shape index (κ2) is 5.61. The molecule has 1 fully saturated rings. The van der Waals surface area contributed by atoms with Crippen LogP contribution in [-0.4, -0.2) is 29.7 Å². The minimum atomic E-state index is -0.411. The first-order valence-electron chi connectivity index (χ1n) is 6.89. The van der Waals surface area contributed by atoms with Gasteiger partial charge < -0.3 is 15.7 Å². The van der Waals surface area contributed by atoms with Crippen molar-refractivity contribution < 1.29 is 9.90 Å². The monoisotopic (exact) mass is 270 g/mol. The maximum absolute atomic E-state index is 11.9. The van der Waals surface area contributed by atoms with Gasteiger partial charge >= 0.3 is 0 Å². The predicted octanol–water partition coefficient (Wildman–Crippen LogP) is 1.18. The van der Waals surface area contributed by atoms with Crippen LogP contribution < -0.4 is 10.6 Å². The van der Waals surface area contributed by atoms with Crippen LogP contribution in [0.25, 0.3) is 10.8 Å². The number of aliphatic hydroxyl groups excluding tert-OH is 1. The third-order valence-electron chi connectivity index (χ3n) is 3.70. The van der Waals surface area contributed by atoms with E-state index in [1.165, 1.54) is 10.8 Å². The van der Waals surface area contributed by atoms with Crippen LogP contribution in [0.4, 0.5) is 0 Å². The quantitative estimate of drug-likeness (QED) is 0.785. The largest absolute Gasteiger partial charge is 0.392 e. The lowest BCUT2D eigenvalue weighted by molar-refractivity contribution is -0.123. The summed E-state index contributed by atoms with van der Waals surface area (Å²) in [4.78, 5) is 11.9. The summed E-state index contributed by atoms with van der Waals surface area (Å²) in [6.07, 6.45) is 0.0789. The second-order valence-corrected chi connectivity index (χ2v) is 5.25. The molecule has 0 aliphatic carbocycles. The Hall–Kier alpha value is -1.91. The van der Waals surface area contributed by atoms with Crippen molar-refractivity contribution in [3.8, 4) is 0 Å². The molecule has 20 heavy (non-hydrogen) atoms. The van der Waals surface area contributed by atoms with Gasteiger partial charge in [-0.3, -0.25) is 4.79 Å². The van der Waals surface area contributed by atoms with E-state index in [0.29, 0.717) is 19.5 Å². The van der Waals surface area contributed by atoms with Gasteiger partial charge in [0.15, 0.2) is 0 Å². The van der Waals surface area contributed by atoms with E-state index in [4.69, 9.17) is 0 Å². The van der Waals surface area contributed by atoms with E-state index >= 15 is 0 Å². The number of hydrogen-bond acceptors (Lipinski definition) is 3. The van der Waals surface area contributed by atoms with E-state index in [2.05, 4.69) is 34.9 Å². The van der Waals surface area contributed by atoms with Crippen LogP contribution in [0.2, 0.25) is 0 Å². The molecule has 4 heteroatoms. The molecule has 1 aliphatic heterocycles. The van der Waals surface area contributed by atoms with Crippen molar-refractivity contribution in [2.45, 2.75) is 25.1 Å². The summed E-state index contributed by atoms with van der Waals surface area (Å²) >= 11 is 0. The molecule has 0 saturated carbocycles. The van der Waals surface area contributed by atoms with Crippen LogP contribution in [0, 0.1) is 0 Å². The van der Waals surface area contributed by atoms with Crippen LogP contribution >= 0.6 is 0 Å².